The second-order valence-electron chi connectivity index (χ2n) is 6.20. The summed E-state index contributed by atoms with van der Waals surface area (Å²) in [7, 11) is 1.62. The molecule has 5 N–H and O–H groups in total. The van der Waals surface area contributed by atoms with Gasteiger partial charge >= 0.3 is 6.09 Å². The van der Waals surface area contributed by atoms with E-state index in [0.717, 1.165) is 11.3 Å². The molecule has 24 heavy (non-hydrogen) atoms. The monoisotopic (exact) mass is 337 g/mol. The molecule has 1 aromatic rings. The van der Waals surface area contributed by atoms with Crippen molar-refractivity contribution in [3.63, 3.8) is 0 Å². The van der Waals surface area contributed by atoms with Crippen LogP contribution in [-0.2, 0) is 11.2 Å². The lowest BCUT2D eigenvalue weighted by atomic mass is 10.0. The van der Waals surface area contributed by atoms with E-state index in [0.29, 0.717) is 25.9 Å². The van der Waals surface area contributed by atoms with Crippen molar-refractivity contribution in [2.24, 2.45) is 5.73 Å². The Morgan fingerprint density at radius 3 is 2.79 bits per heavy atom. The molecule has 0 aromatic heterocycles. The molecule has 1 saturated heterocycles. The Labute approximate surface area is 142 Å². The van der Waals surface area contributed by atoms with Crippen molar-refractivity contribution in [1.82, 2.24) is 10.6 Å². The Kier molecular flexibility index (Phi) is 6.84. The van der Waals surface area contributed by atoms with Gasteiger partial charge in [-0.15, -0.1) is 0 Å². The highest BCUT2D eigenvalue weighted by molar-refractivity contribution is 5.67. The third-order valence-corrected chi connectivity index (χ3v) is 4.09. The lowest BCUT2D eigenvalue weighted by molar-refractivity contribution is 0.0190. The Hall–Kier alpha value is -1.83. The lowest BCUT2D eigenvalue weighted by Gasteiger charge is -2.22. The van der Waals surface area contributed by atoms with Crippen LogP contribution in [0.15, 0.2) is 24.3 Å². The number of carbonyl (C=O) groups is 1. The zero-order valence-corrected chi connectivity index (χ0v) is 14.2. The fourth-order valence-corrected chi connectivity index (χ4v) is 2.70. The summed E-state index contributed by atoms with van der Waals surface area (Å²) in [4.78, 5) is 11.9. The zero-order valence-electron chi connectivity index (χ0n) is 14.2. The molecule has 1 amide bonds. The molecule has 0 unspecified atom stereocenters. The predicted molar refractivity (Wildman–Crippen MR) is 91.0 cm³/mol. The van der Waals surface area contributed by atoms with Gasteiger partial charge in [0.25, 0.3) is 0 Å². The first kappa shape index (κ1) is 18.5. The molecule has 1 fully saturated rings. The Morgan fingerprint density at radius 2 is 2.17 bits per heavy atom. The lowest BCUT2D eigenvalue weighted by Crippen LogP contribution is -2.42. The van der Waals surface area contributed by atoms with Gasteiger partial charge in [-0.05, 0) is 37.5 Å². The third kappa shape index (κ3) is 5.36. The number of amides is 1. The van der Waals surface area contributed by atoms with Gasteiger partial charge in [0.2, 0.25) is 0 Å². The van der Waals surface area contributed by atoms with Gasteiger partial charge < -0.3 is 30.9 Å². The Bertz CT molecular complexity index is 521. The number of carbonyl (C=O) groups excluding carboxylic acids is 1. The van der Waals surface area contributed by atoms with E-state index in [-0.39, 0.29) is 12.1 Å². The molecular weight excluding hydrogens is 310 g/mol. The minimum absolute atomic E-state index is 0.0202. The summed E-state index contributed by atoms with van der Waals surface area (Å²) in [6, 6.07) is 7.59. The van der Waals surface area contributed by atoms with Crippen LogP contribution in [0.2, 0.25) is 0 Å². The highest BCUT2D eigenvalue weighted by Gasteiger charge is 2.37. The predicted octanol–water partition coefficient (Wildman–Crippen LogP) is 0.403. The third-order valence-electron chi connectivity index (χ3n) is 4.09. The number of alkyl carbamates (subject to hydrolysis) is 1. The normalized spacial score (nSPS) is 24.4. The second kappa shape index (κ2) is 8.86. The number of ether oxygens (including phenoxy) is 2. The van der Waals surface area contributed by atoms with Gasteiger partial charge in [0.15, 0.2) is 0 Å². The van der Waals surface area contributed by atoms with Crippen LogP contribution >= 0.6 is 0 Å². The first-order chi connectivity index (χ1) is 11.5. The molecule has 0 bridgehead atoms. The number of aliphatic hydroxyl groups is 1. The smallest absolute Gasteiger partial charge is 0.407 e. The molecule has 2 rings (SSSR count). The topological polar surface area (TPSA) is 106 Å². The van der Waals surface area contributed by atoms with Gasteiger partial charge in [-0.3, -0.25) is 0 Å². The van der Waals surface area contributed by atoms with Crippen molar-refractivity contribution < 1.29 is 19.4 Å². The zero-order chi connectivity index (χ0) is 17.5. The largest absolute Gasteiger partial charge is 0.497 e. The maximum absolute atomic E-state index is 11.9. The molecule has 7 heteroatoms. The van der Waals surface area contributed by atoms with E-state index in [2.05, 4.69) is 10.6 Å². The van der Waals surface area contributed by atoms with Crippen molar-refractivity contribution in [3.8, 4) is 5.75 Å². The van der Waals surface area contributed by atoms with E-state index < -0.39 is 18.3 Å². The average molecular weight is 337 g/mol. The number of nitrogens with two attached hydrogens (primary N) is 1. The van der Waals surface area contributed by atoms with Crippen molar-refractivity contribution in [2.45, 2.75) is 44.1 Å². The van der Waals surface area contributed by atoms with Crippen molar-refractivity contribution in [2.75, 3.05) is 20.2 Å². The molecule has 1 aromatic carbocycles. The minimum Gasteiger partial charge on any atom is -0.497 e. The highest BCUT2D eigenvalue weighted by Crippen LogP contribution is 2.19. The van der Waals surface area contributed by atoms with Gasteiger partial charge in [0.1, 0.15) is 18.0 Å². The molecule has 0 aliphatic carbocycles. The molecular formula is C17H27N3O4. The number of hydrogen-bond acceptors (Lipinski definition) is 6. The van der Waals surface area contributed by atoms with Crippen molar-refractivity contribution >= 4 is 6.09 Å². The van der Waals surface area contributed by atoms with Crippen LogP contribution in [0.1, 0.15) is 18.9 Å². The van der Waals surface area contributed by atoms with Gasteiger partial charge in [-0.2, -0.15) is 0 Å². The van der Waals surface area contributed by atoms with Crippen LogP contribution in [0.3, 0.4) is 0 Å². The van der Waals surface area contributed by atoms with Crippen molar-refractivity contribution in [3.05, 3.63) is 29.8 Å². The first-order valence-corrected chi connectivity index (χ1v) is 8.24. The molecule has 0 saturated carbocycles. The maximum Gasteiger partial charge on any atom is 0.407 e. The molecule has 134 valence electrons. The van der Waals surface area contributed by atoms with Gasteiger partial charge in [0, 0.05) is 19.1 Å². The quantitative estimate of drug-likeness (QED) is 0.574. The summed E-state index contributed by atoms with van der Waals surface area (Å²) < 4.78 is 10.5. The SMILES string of the molecule is COc1ccc(C[C@H]2NC[C@H](O)[C@H]2OC(=O)NCC[C@@H](C)N)cc1. The number of β-amino-alcohol motifs (C(OH)–C–C–N with tert-alkyl or cyclic N) is 1. The van der Waals surface area contributed by atoms with Crippen LogP contribution < -0.4 is 21.1 Å². The number of rotatable bonds is 7. The number of hydrogen-bond donors (Lipinski definition) is 4. The number of methoxy groups -OCH3 is 1. The van der Waals surface area contributed by atoms with Crippen LogP contribution in [0.4, 0.5) is 4.79 Å². The van der Waals surface area contributed by atoms with Crippen LogP contribution in [0, 0.1) is 0 Å². The van der Waals surface area contributed by atoms with E-state index in [1.165, 1.54) is 0 Å². The highest BCUT2D eigenvalue weighted by atomic mass is 16.6. The Morgan fingerprint density at radius 1 is 1.46 bits per heavy atom. The van der Waals surface area contributed by atoms with E-state index in [9.17, 15) is 9.90 Å². The van der Waals surface area contributed by atoms with E-state index >= 15 is 0 Å². The summed E-state index contributed by atoms with van der Waals surface area (Å²) >= 11 is 0. The number of aliphatic hydroxyl groups excluding tert-OH is 1. The molecule has 1 aliphatic heterocycles. The van der Waals surface area contributed by atoms with Crippen LogP contribution in [0.25, 0.3) is 0 Å². The Balaban J connectivity index is 1.88. The number of nitrogens with one attached hydrogen (secondary N) is 2. The standard InChI is InChI=1S/C17H27N3O4/c1-11(18)7-8-19-17(22)24-16-14(20-10-15(16)21)9-12-3-5-13(23-2)6-4-12/h3-6,11,14-16,20-21H,7-10,18H2,1-2H3,(H,19,22)/t11-,14-,15+,16+/m1/s1. The molecule has 0 radical (unpaired) electrons. The van der Waals surface area contributed by atoms with Crippen LogP contribution in [-0.4, -0.2) is 55.7 Å². The molecule has 7 nitrogen and oxygen atoms in total. The first-order valence-electron chi connectivity index (χ1n) is 8.24. The maximum atomic E-state index is 11.9. The summed E-state index contributed by atoms with van der Waals surface area (Å²) in [5.74, 6) is 0.791. The minimum atomic E-state index is -0.715. The molecule has 1 heterocycles. The second-order valence-corrected chi connectivity index (χ2v) is 6.20. The van der Waals surface area contributed by atoms with E-state index in [1.54, 1.807) is 7.11 Å². The van der Waals surface area contributed by atoms with Crippen molar-refractivity contribution in [1.29, 1.82) is 0 Å². The molecule has 0 spiro atoms. The van der Waals surface area contributed by atoms with Gasteiger partial charge in [0.05, 0.1) is 13.2 Å². The van der Waals surface area contributed by atoms with E-state index in [4.69, 9.17) is 15.2 Å². The summed E-state index contributed by atoms with van der Waals surface area (Å²) in [5, 5.41) is 15.9. The fraction of sp³-hybridized carbons (Fsp3) is 0.588. The number of benzene rings is 1. The average Bonchev–Trinajstić information content (AvgIpc) is 2.88. The summed E-state index contributed by atoms with van der Waals surface area (Å²) in [5.41, 5.74) is 6.72. The van der Waals surface area contributed by atoms with Crippen LogP contribution in [0.5, 0.6) is 5.75 Å². The van der Waals surface area contributed by atoms with E-state index in [1.807, 2.05) is 31.2 Å². The fourth-order valence-electron chi connectivity index (χ4n) is 2.70. The summed E-state index contributed by atoms with van der Waals surface area (Å²) in [6.45, 7) is 2.73. The summed E-state index contributed by atoms with van der Waals surface area (Å²) in [6.07, 6.45) is -0.493. The van der Waals surface area contributed by atoms with Gasteiger partial charge in [-0.1, -0.05) is 12.1 Å². The van der Waals surface area contributed by atoms with Gasteiger partial charge in [-0.25, -0.2) is 4.79 Å². The molecule has 4 atom stereocenters. The molecule has 1 aliphatic rings.